The van der Waals surface area contributed by atoms with Gasteiger partial charge in [-0.1, -0.05) is 0 Å². The van der Waals surface area contributed by atoms with Crippen molar-refractivity contribution in [2.24, 2.45) is 0 Å². The number of anilines is 1. The van der Waals surface area contributed by atoms with Gasteiger partial charge in [0.25, 0.3) is 0 Å². The van der Waals surface area contributed by atoms with E-state index in [1.165, 1.54) is 23.5 Å². The highest BCUT2D eigenvalue weighted by Gasteiger charge is 2.29. The molecule has 1 aromatic carbocycles. The molecule has 1 aromatic heterocycles. The van der Waals surface area contributed by atoms with Crippen molar-refractivity contribution < 1.29 is 8.78 Å². The van der Waals surface area contributed by atoms with Crippen LogP contribution in [0.25, 0.3) is 0 Å². The summed E-state index contributed by atoms with van der Waals surface area (Å²) in [5, 5.41) is 0.531. The Kier molecular flexibility index (Phi) is 2.78. The molecule has 2 N–H and O–H groups in total. The molecule has 0 atom stereocenters. The second-order valence-corrected chi connectivity index (χ2v) is 5.70. The lowest BCUT2D eigenvalue weighted by Crippen LogP contribution is -1.93. The Morgan fingerprint density at radius 3 is 2.50 bits per heavy atom. The molecule has 0 saturated heterocycles. The number of nitrogens with two attached hydrogens (primary N) is 1. The molecule has 94 valence electrons. The minimum atomic E-state index is -0.546. The standard InChI is InChI=1S/C13H12F2N2S/c14-9-3-7(4-10(15)6-9)5-11-12(8-1-2-8)17-13(16)18-11/h3-4,6,8H,1-2,5H2,(H2,16,17). The zero-order valence-electron chi connectivity index (χ0n) is 9.62. The molecule has 0 aliphatic heterocycles. The summed E-state index contributed by atoms with van der Waals surface area (Å²) in [7, 11) is 0. The predicted molar refractivity (Wildman–Crippen MR) is 67.7 cm³/mol. The van der Waals surface area contributed by atoms with E-state index in [0.29, 0.717) is 23.0 Å². The Balaban J connectivity index is 1.91. The fourth-order valence-electron chi connectivity index (χ4n) is 2.08. The summed E-state index contributed by atoms with van der Waals surface area (Å²) >= 11 is 1.41. The van der Waals surface area contributed by atoms with Crippen LogP contribution in [0.15, 0.2) is 18.2 Å². The summed E-state index contributed by atoms with van der Waals surface area (Å²) < 4.78 is 26.3. The van der Waals surface area contributed by atoms with Gasteiger partial charge in [0.05, 0.1) is 5.69 Å². The van der Waals surface area contributed by atoms with Gasteiger partial charge in [-0.15, -0.1) is 11.3 Å². The third-order valence-corrected chi connectivity index (χ3v) is 3.90. The number of hydrogen-bond acceptors (Lipinski definition) is 3. The lowest BCUT2D eigenvalue weighted by Gasteiger charge is -2.02. The van der Waals surface area contributed by atoms with Crippen molar-refractivity contribution >= 4 is 16.5 Å². The molecule has 3 rings (SSSR count). The monoisotopic (exact) mass is 266 g/mol. The van der Waals surface area contributed by atoms with Gasteiger partial charge in [0.1, 0.15) is 11.6 Å². The summed E-state index contributed by atoms with van der Waals surface area (Å²) in [4.78, 5) is 5.35. The van der Waals surface area contributed by atoms with E-state index in [4.69, 9.17) is 5.73 Å². The largest absolute Gasteiger partial charge is 0.375 e. The molecule has 0 spiro atoms. The van der Waals surface area contributed by atoms with E-state index < -0.39 is 11.6 Å². The second-order valence-electron chi connectivity index (χ2n) is 4.59. The van der Waals surface area contributed by atoms with Crippen molar-refractivity contribution in [3.63, 3.8) is 0 Å². The number of hydrogen-bond donors (Lipinski definition) is 1. The van der Waals surface area contributed by atoms with Gasteiger partial charge in [0.15, 0.2) is 5.13 Å². The first-order chi connectivity index (χ1) is 8.61. The van der Waals surface area contributed by atoms with Gasteiger partial charge < -0.3 is 5.73 Å². The number of nitrogens with zero attached hydrogens (tertiary/aromatic N) is 1. The lowest BCUT2D eigenvalue weighted by molar-refractivity contribution is 0.580. The van der Waals surface area contributed by atoms with Crippen LogP contribution in [0, 0.1) is 11.6 Å². The van der Waals surface area contributed by atoms with Gasteiger partial charge in [0.2, 0.25) is 0 Å². The van der Waals surface area contributed by atoms with Crippen LogP contribution in [0.5, 0.6) is 0 Å². The first-order valence-corrected chi connectivity index (χ1v) is 6.63. The molecule has 0 bridgehead atoms. The molecule has 18 heavy (non-hydrogen) atoms. The number of benzene rings is 1. The molecular weight excluding hydrogens is 254 g/mol. The van der Waals surface area contributed by atoms with Crippen molar-refractivity contribution in [2.75, 3.05) is 5.73 Å². The predicted octanol–water partition coefficient (Wildman–Crippen LogP) is 3.47. The highest BCUT2D eigenvalue weighted by molar-refractivity contribution is 7.15. The van der Waals surface area contributed by atoms with Crippen LogP contribution in [-0.2, 0) is 6.42 Å². The van der Waals surface area contributed by atoms with Crippen molar-refractivity contribution in [1.82, 2.24) is 4.98 Å². The minimum Gasteiger partial charge on any atom is -0.375 e. The lowest BCUT2D eigenvalue weighted by atomic mass is 10.1. The van der Waals surface area contributed by atoms with Gasteiger partial charge in [-0.2, -0.15) is 0 Å². The highest BCUT2D eigenvalue weighted by Crippen LogP contribution is 2.43. The Labute approximate surface area is 107 Å². The average Bonchev–Trinajstić information content (AvgIpc) is 3.02. The summed E-state index contributed by atoms with van der Waals surface area (Å²) in [5.74, 6) is -0.599. The molecule has 5 heteroatoms. The Morgan fingerprint density at radius 2 is 1.89 bits per heavy atom. The number of thiazole rings is 1. The zero-order chi connectivity index (χ0) is 12.7. The first-order valence-electron chi connectivity index (χ1n) is 5.82. The normalized spacial score (nSPS) is 15.0. The number of aromatic nitrogens is 1. The summed E-state index contributed by atoms with van der Waals surface area (Å²) in [6, 6.07) is 3.59. The van der Waals surface area contributed by atoms with E-state index in [1.54, 1.807) is 0 Å². The Bertz CT molecular complexity index is 570. The van der Waals surface area contributed by atoms with Gasteiger partial charge in [-0.25, -0.2) is 13.8 Å². The first kappa shape index (κ1) is 11.6. The topological polar surface area (TPSA) is 38.9 Å². The molecule has 0 amide bonds. The number of nitrogen functional groups attached to an aromatic ring is 1. The fraction of sp³-hybridized carbons (Fsp3) is 0.308. The van der Waals surface area contributed by atoms with Crippen LogP contribution in [-0.4, -0.2) is 4.98 Å². The van der Waals surface area contributed by atoms with Crippen LogP contribution in [0.4, 0.5) is 13.9 Å². The van der Waals surface area contributed by atoms with Crippen LogP contribution in [0.2, 0.25) is 0 Å². The minimum absolute atomic E-state index is 0.493. The van der Waals surface area contributed by atoms with Crippen LogP contribution >= 0.6 is 11.3 Å². The van der Waals surface area contributed by atoms with E-state index in [2.05, 4.69) is 4.98 Å². The van der Waals surface area contributed by atoms with Gasteiger partial charge >= 0.3 is 0 Å². The van der Waals surface area contributed by atoms with E-state index in [0.717, 1.165) is 29.5 Å². The van der Waals surface area contributed by atoms with Crippen LogP contribution in [0.3, 0.4) is 0 Å². The third kappa shape index (κ3) is 2.36. The van der Waals surface area contributed by atoms with Gasteiger partial charge in [-0.05, 0) is 30.5 Å². The number of rotatable bonds is 3. The molecule has 1 aliphatic carbocycles. The van der Waals surface area contributed by atoms with Crippen molar-refractivity contribution in [3.05, 3.63) is 46.0 Å². The van der Waals surface area contributed by atoms with Crippen molar-refractivity contribution in [3.8, 4) is 0 Å². The van der Waals surface area contributed by atoms with Crippen LogP contribution < -0.4 is 5.73 Å². The summed E-state index contributed by atoms with van der Waals surface area (Å²) in [6.45, 7) is 0. The molecule has 0 radical (unpaired) electrons. The average molecular weight is 266 g/mol. The van der Waals surface area contributed by atoms with E-state index in [1.807, 2.05) is 0 Å². The van der Waals surface area contributed by atoms with Gasteiger partial charge in [-0.3, -0.25) is 0 Å². The SMILES string of the molecule is Nc1nc(C2CC2)c(Cc2cc(F)cc(F)c2)s1. The molecule has 2 nitrogen and oxygen atoms in total. The third-order valence-electron chi connectivity index (χ3n) is 3.00. The van der Waals surface area contributed by atoms with E-state index in [9.17, 15) is 8.78 Å². The van der Waals surface area contributed by atoms with E-state index >= 15 is 0 Å². The molecular formula is C13H12F2N2S. The maximum atomic E-state index is 13.1. The molecule has 0 unspecified atom stereocenters. The van der Waals surface area contributed by atoms with Crippen LogP contribution in [0.1, 0.15) is 34.9 Å². The zero-order valence-corrected chi connectivity index (χ0v) is 10.4. The Morgan fingerprint density at radius 1 is 1.22 bits per heavy atom. The maximum absolute atomic E-state index is 13.1. The summed E-state index contributed by atoms with van der Waals surface area (Å²) in [5.41, 5.74) is 7.36. The van der Waals surface area contributed by atoms with Crippen molar-refractivity contribution in [2.45, 2.75) is 25.2 Å². The van der Waals surface area contributed by atoms with E-state index in [-0.39, 0.29) is 0 Å². The summed E-state index contributed by atoms with van der Waals surface area (Å²) in [6.07, 6.45) is 2.76. The molecule has 1 heterocycles. The quantitative estimate of drug-likeness (QED) is 0.923. The Hall–Kier alpha value is -1.49. The highest BCUT2D eigenvalue weighted by atomic mass is 32.1. The fourth-order valence-corrected chi connectivity index (χ4v) is 3.04. The molecule has 1 saturated carbocycles. The van der Waals surface area contributed by atoms with Gasteiger partial charge in [0, 0.05) is 23.3 Å². The molecule has 2 aromatic rings. The van der Waals surface area contributed by atoms with Crippen molar-refractivity contribution in [1.29, 1.82) is 0 Å². The second kappa shape index (κ2) is 4.31. The molecule has 1 fully saturated rings. The number of halogens is 2. The smallest absolute Gasteiger partial charge is 0.180 e. The maximum Gasteiger partial charge on any atom is 0.180 e. The molecule has 1 aliphatic rings.